The van der Waals surface area contributed by atoms with Crippen LogP contribution in [0.25, 0.3) is 22.0 Å². The molecule has 0 fully saturated rings. The molecule has 0 radical (unpaired) electrons. The third-order valence-electron chi connectivity index (χ3n) is 5.81. The van der Waals surface area contributed by atoms with E-state index in [9.17, 15) is 27.6 Å². The number of rotatable bonds is 5. The Balaban J connectivity index is 1.45. The molecule has 8 nitrogen and oxygen atoms in total. The van der Waals surface area contributed by atoms with Gasteiger partial charge < -0.3 is 4.74 Å². The van der Waals surface area contributed by atoms with Crippen molar-refractivity contribution in [3.63, 3.8) is 0 Å². The number of carbonyl (C=O) groups excluding carboxylic acids is 2. The molecule has 11 heteroatoms. The van der Waals surface area contributed by atoms with Gasteiger partial charge in [-0.3, -0.25) is 25.2 Å². The fourth-order valence-electron chi connectivity index (χ4n) is 4.04. The van der Waals surface area contributed by atoms with Gasteiger partial charge in [0.15, 0.2) is 6.61 Å². The van der Waals surface area contributed by atoms with E-state index in [2.05, 4.69) is 16.0 Å². The van der Waals surface area contributed by atoms with E-state index in [-0.39, 0.29) is 11.1 Å². The number of halogens is 3. The third-order valence-corrected chi connectivity index (χ3v) is 5.81. The third kappa shape index (κ3) is 5.51. The summed E-state index contributed by atoms with van der Waals surface area (Å²) in [6, 6.07) is 14.7. The summed E-state index contributed by atoms with van der Waals surface area (Å²) in [6.07, 6.45) is -4.60. The zero-order valence-electron chi connectivity index (χ0n) is 20.6. The normalized spacial score (nSPS) is 11.3. The largest absolute Gasteiger partial charge is 0.483 e. The van der Waals surface area contributed by atoms with Gasteiger partial charge in [0, 0.05) is 23.6 Å². The van der Waals surface area contributed by atoms with E-state index in [1.165, 1.54) is 10.7 Å². The zero-order valence-corrected chi connectivity index (χ0v) is 20.6. The van der Waals surface area contributed by atoms with Crippen molar-refractivity contribution in [2.75, 3.05) is 6.61 Å². The van der Waals surface area contributed by atoms with Crippen molar-refractivity contribution in [2.24, 2.45) is 7.05 Å². The van der Waals surface area contributed by atoms with E-state index < -0.39 is 30.2 Å². The van der Waals surface area contributed by atoms with Crippen LogP contribution in [-0.4, -0.2) is 28.2 Å². The minimum Gasteiger partial charge on any atom is -0.483 e. The summed E-state index contributed by atoms with van der Waals surface area (Å²) < 4.78 is 45.5. The highest BCUT2D eigenvalue weighted by Crippen LogP contribution is 2.32. The van der Waals surface area contributed by atoms with Crippen LogP contribution < -0.4 is 21.1 Å². The van der Waals surface area contributed by atoms with Crippen LogP contribution in [0.15, 0.2) is 65.5 Å². The van der Waals surface area contributed by atoms with Gasteiger partial charge in [-0.05, 0) is 61.4 Å². The number of aryl methyl sites for hydroxylation is 3. The summed E-state index contributed by atoms with van der Waals surface area (Å²) in [6.45, 7) is 3.14. The van der Waals surface area contributed by atoms with Crippen LogP contribution in [0.3, 0.4) is 0 Å². The van der Waals surface area contributed by atoms with Crippen LogP contribution in [0.5, 0.6) is 5.75 Å². The summed E-state index contributed by atoms with van der Waals surface area (Å²) in [5.41, 5.74) is 5.57. The Kier molecular flexibility index (Phi) is 7.20. The average molecular weight is 524 g/mol. The number of hydrazine groups is 1. The number of hydrogen-bond donors (Lipinski definition) is 2. The molecule has 0 saturated carbocycles. The molecule has 2 N–H and O–H groups in total. The topological polar surface area (TPSA) is 102 Å². The van der Waals surface area contributed by atoms with Gasteiger partial charge in [-0.2, -0.15) is 18.3 Å². The van der Waals surface area contributed by atoms with Gasteiger partial charge >= 0.3 is 6.18 Å². The number of aromatic nitrogens is 2. The number of amides is 2. The molecule has 0 aliphatic carbocycles. The van der Waals surface area contributed by atoms with E-state index in [0.717, 1.165) is 17.7 Å². The second kappa shape index (κ2) is 10.4. The fourth-order valence-corrected chi connectivity index (χ4v) is 4.04. The molecule has 0 aliphatic heterocycles. The molecule has 0 unspecified atom stereocenters. The molecular weight excluding hydrogens is 501 g/mol. The summed E-state index contributed by atoms with van der Waals surface area (Å²) in [5, 5.41) is 5.69. The number of hydrogen-bond acceptors (Lipinski definition) is 5. The number of fused-ring (bicyclic) bond motifs is 1. The Morgan fingerprint density at radius 3 is 2.26 bits per heavy atom. The molecule has 0 bridgehead atoms. The number of alkyl halides is 3. The molecule has 0 atom stereocenters. The lowest BCUT2D eigenvalue weighted by Gasteiger charge is -2.15. The number of carbonyl (C=O) groups is 2. The Labute approximate surface area is 215 Å². The van der Waals surface area contributed by atoms with E-state index >= 15 is 0 Å². The maximum Gasteiger partial charge on any atom is 0.416 e. The maximum absolute atomic E-state index is 12.9. The lowest BCUT2D eigenvalue weighted by molar-refractivity contribution is -0.137. The Morgan fingerprint density at radius 1 is 0.947 bits per heavy atom. The first-order chi connectivity index (χ1) is 18.0. The zero-order chi connectivity index (χ0) is 27.6. The summed E-state index contributed by atoms with van der Waals surface area (Å²) in [7, 11) is 1.58. The fraction of sp³-hybridized carbons (Fsp3) is 0.185. The Bertz CT molecular complexity index is 1590. The summed E-state index contributed by atoms with van der Waals surface area (Å²) in [5.74, 6) is -1.17. The number of benzene rings is 3. The predicted molar refractivity (Wildman–Crippen MR) is 134 cm³/mol. The monoisotopic (exact) mass is 524 g/mol. The minimum atomic E-state index is -4.60. The molecule has 4 aromatic rings. The van der Waals surface area contributed by atoms with Crippen LogP contribution in [0, 0.1) is 13.8 Å². The Morgan fingerprint density at radius 2 is 1.61 bits per heavy atom. The molecule has 0 spiro atoms. The molecule has 2 amide bonds. The molecule has 38 heavy (non-hydrogen) atoms. The van der Waals surface area contributed by atoms with Gasteiger partial charge in [-0.15, -0.1) is 0 Å². The van der Waals surface area contributed by atoms with Crippen LogP contribution in [0.1, 0.15) is 27.0 Å². The van der Waals surface area contributed by atoms with Gasteiger partial charge in [-0.1, -0.05) is 24.3 Å². The molecule has 4 rings (SSSR count). The van der Waals surface area contributed by atoms with E-state index in [0.29, 0.717) is 39.4 Å². The van der Waals surface area contributed by atoms with Crippen molar-refractivity contribution in [1.82, 2.24) is 20.6 Å². The van der Waals surface area contributed by atoms with Crippen molar-refractivity contribution in [3.05, 3.63) is 93.3 Å². The molecule has 1 aromatic heterocycles. The van der Waals surface area contributed by atoms with Gasteiger partial charge in [0.1, 0.15) is 5.75 Å². The first-order valence-electron chi connectivity index (χ1n) is 11.4. The average Bonchev–Trinajstić information content (AvgIpc) is 2.88. The van der Waals surface area contributed by atoms with Gasteiger partial charge in [0.2, 0.25) is 0 Å². The number of nitrogens with one attached hydrogen (secondary N) is 2. The Hall–Kier alpha value is -4.67. The standard InChI is InChI=1S/C27H23F3N4O4/c1-15-11-18(23-20-9-4-5-10-21(20)26(37)34(3)33-23)12-16(2)24(15)38-14-22(35)31-32-25(36)17-7-6-8-19(13-17)27(28,29)30/h4-13H,14H2,1-3H3,(H,31,35)(H,32,36). The van der Waals surface area contributed by atoms with E-state index in [1.807, 2.05) is 24.3 Å². The predicted octanol–water partition coefficient (Wildman–Crippen LogP) is 4.08. The highest BCUT2D eigenvalue weighted by Gasteiger charge is 2.31. The smallest absolute Gasteiger partial charge is 0.416 e. The number of nitrogens with zero attached hydrogens (tertiary/aromatic N) is 2. The molecular formula is C27H23F3N4O4. The van der Waals surface area contributed by atoms with Crippen molar-refractivity contribution in [3.8, 4) is 17.0 Å². The quantitative estimate of drug-likeness (QED) is 0.383. The molecule has 3 aromatic carbocycles. The van der Waals surface area contributed by atoms with E-state index in [4.69, 9.17) is 4.74 Å². The van der Waals surface area contributed by atoms with Crippen molar-refractivity contribution in [1.29, 1.82) is 0 Å². The lowest BCUT2D eigenvalue weighted by atomic mass is 10.00. The highest BCUT2D eigenvalue weighted by atomic mass is 19.4. The maximum atomic E-state index is 12.9. The highest BCUT2D eigenvalue weighted by molar-refractivity contribution is 5.96. The summed E-state index contributed by atoms with van der Waals surface area (Å²) in [4.78, 5) is 36.8. The molecule has 1 heterocycles. The van der Waals surface area contributed by atoms with Crippen molar-refractivity contribution >= 4 is 22.6 Å². The van der Waals surface area contributed by atoms with Crippen LogP contribution >= 0.6 is 0 Å². The van der Waals surface area contributed by atoms with Crippen LogP contribution in [-0.2, 0) is 18.0 Å². The SMILES string of the molecule is Cc1cc(-c2nn(C)c(=O)c3ccccc23)cc(C)c1OCC(=O)NNC(=O)c1cccc(C(F)(F)F)c1. The number of ether oxygens (including phenoxy) is 1. The van der Waals surface area contributed by atoms with Gasteiger partial charge in [0.05, 0.1) is 16.6 Å². The lowest BCUT2D eigenvalue weighted by Crippen LogP contribution is -2.43. The van der Waals surface area contributed by atoms with Crippen molar-refractivity contribution in [2.45, 2.75) is 20.0 Å². The van der Waals surface area contributed by atoms with Crippen LogP contribution in [0.2, 0.25) is 0 Å². The van der Waals surface area contributed by atoms with Gasteiger partial charge in [-0.25, -0.2) is 4.68 Å². The molecule has 0 aliphatic rings. The molecule has 0 saturated heterocycles. The van der Waals surface area contributed by atoms with Crippen molar-refractivity contribution < 1.29 is 27.5 Å². The second-order valence-corrected chi connectivity index (χ2v) is 8.63. The first kappa shape index (κ1) is 26.4. The summed E-state index contributed by atoms with van der Waals surface area (Å²) >= 11 is 0. The second-order valence-electron chi connectivity index (χ2n) is 8.63. The van der Waals surface area contributed by atoms with E-state index in [1.54, 1.807) is 33.0 Å². The van der Waals surface area contributed by atoms with Crippen LogP contribution in [0.4, 0.5) is 13.2 Å². The molecule has 196 valence electrons. The minimum absolute atomic E-state index is 0.205. The van der Waals surface area contributed by atoms with Gasteiger partial charge in [0.25, 0.3) is 17.4 Å². The first-order valence-corrected chi connectivity index (χ1v) is 11.4.